The van der Waals surface area contributed by atoms with Crippen LogP contribution in [-0.2, 0) is 33.2 Å². The molecule has 2 aromatic carbocycles. The number of ether oxygens (including phenoxy) is 1. The van der Waals surface area contributed by atoms with Crippen LogP contribution in [0.1, 0.15) is 53.9 Å². The topological polar surface area (TPSA) is 66.9 Å². The van der Waals surface area contributed by atoms with E-state index in [-0.39, 0.29) is 35.8 Å². The minimum Gasteiger partial charge on any atom is -0.441 e. The third-order valence-corrected chi connectivity index (χ3v) is 7.08. The van der Waals surface area contributed by atoms with Crippen molar-refractivity contribution in [2.24, 2.45) is 0 Å². The smallest absolute Gasteiger partial charge is 0.416 e. The largest absolute Gasteiger partial charge is 0.441 e. The van der Waals surface area contributed by atoms with E-state index in [4.69, 9.17) is 14.3 Å². The van der Waals surface area contributed by atoms with Gasteiger partial charge in [-0.05, 0) is 54.2 Å². The summed E-state index contributed by atoms with van der Waals surface area (Å²) in [6.07, 6.45) is -7.96. The molecule has 5 rings (SSSR count). The number of likely N-dealkylation sites (tertiary alicyclic amines) is 1. The van der Waals surface area contributed by atoms with Crippen molar-refractivity contribution in [3.8, 4) is 0 Å². The van der Waals surface area contributed by atoms with Gasteiger partial charge < -0.3 is 4.74 Å². The van der Waals surface area contributed by atoms with Gasteiger partial charge in [0, 0.05) is 38.2 Å². The Labute approximate surface area is 214 Å². The van der Waals surface area contributed by atoms with E-state index in [9.17, 15) is 31.1 Å². The Morgan fingerprint density at radius 3 is 2.08 bits per heavy atom. The lowest BCUT2D eigenvalue weighted by molar-refractivity contribution is -0.191. The maximum Gasteiger partial charge on any atom is 0.416 e. The molecule has 0 radical (unpaired) electrons. The molecular formula is C26H24F6N2O4. The zero-order valence-electron chi connectivity index (χ0n) is 20.1. The highest BCUT2D eigenvalue weighted by molar-refractivity contribution is 5.90. The number of para-hydroxylation sites is 1. The predicted molar refractivity (Wildman–Crippen MR) is 121 cm³/mol. The van der Waals surface area contributed by atoms with Crippen molar-refractivity contribution in [1.82, 2.24) is 4.90 Å². The highest BCUT2D eigenvalue weighted by atomic mass is 19.4. The van der Waals surface area contributed by atoms with Gasteiger partial charge in [-0.3, -0.25) is 9.80 Å². The van der Waals surface area contributed by atoms with Gasteiger partial charge in [0.15, 0.2) is 0 Å². The number of anilines is 1. The van der Waals surface area contributed by atoms with Crippen molar-refractivity contribution in [2.75, 3.05) is 24.5 Å². The molecule has 2 saturated heterocycles. The van der Waals surface area contributed by atoms with Gasteiger partial charge in [-0.25, -0.2) is 4.79 Å². The molecule has 1 aliphatic carbocycles. The lowest BCUT2D eigenvalue weighted by atomic mass is 9.89. The number of benzene rings is 2. The third kappa shape index (κ3) is 6.02. The molecule has 1 spiro atoms. The van der Waals surface area contributed by atoms with Crippen molar-refractivity contribution in [3.63, 3.8) is 0 Å². The first-order valence-corrected chi connectivity index (χ1v) is 12.0. The molecule has 3 aliphatic rings. The van der Waals surface area contributed by atoms with E-state index in [2.05, 4.69) is 0 Å². The molecule has 204 valence electrons. The van der Waals surface area contributed by atoms with Gasteiger partial charge in [-0.1, -0.05) is 18.2 Å². The van der Waals surface area contributed by atoms with Gasteiger partial charge in [0.25, 0.3) is 0 Å². The molecular weight excluding hydrogens is 518 g/mol. The molecule has 0 aromatic heterocycles. The number of carbonyl (C=O) groups excluding carboxylic acids is 3. The number of piperidine rings is 1. The molecule has 38 heavy (non-hydrogen) atoms. The zero-order chi connectivity index (χ0) is 27.7. The van der Waals surface area contributed by atoms with Crippen LogP contribution in [-0.4, -0.2) is 42.4 Å². The molecule has 3 fully saturated rings. The fourth-order valence-electron chi connectivity index (χ4n) is 5.15. The number of carbonyl (C=O) groups is 1. The molecule has 0 N–H and O–H groups in total. The number of halogens is 6. The number of hydrogen-bond acceptors (Lipinski definition) is 5. The highest BCUT2D eigenvalue weighted by Crippen LogP contribution is 2.49. The maximum absolute atomic E-state index is 13.7. The Kier molecular flexibility index (Phi) is 7.58. The Balaban J connectivity index is 0.00000107. The maximum atomic E-state index is 13.7. The van der Waals surface area contributed by atoms with Crippen LogP contribution in [0.25, 0.3) is 0 Å². The number of nitrogens with zero attached hydrogens (tertiary/aromatic N) is 2. The molecule has 2 aromatic rings. The summed E-state index contributed by atoms with van der Waals surface area (Å²) in [6, 6.07) is 10.2. The van der Waals surface area contributed by atoms with Crippen molar-refractivity contribution in [1.29, 1.82) is 0 Å². The highest BCUT2D eigenvalue weighted by Gasteiger charge is 2.48. The number of amides is 1. The van der Waals surface area contributed by atoms with Gasteiger partial charge >= 0.3 is 24.6 Å². The summed E-state index contributed by atoms with van der Waals surface area (Å²) < 4.78 is 87.3. The number of rotatable bonds is 4. The summed E-state index contributed by atoms with van der Waals surface area (Å²) >= 11 is 0. The van der Waals surface area contributed by atoms with E-state index < -0.39 is 35.2 Å². The minimum absolute atomic E-state index is 0.00617. The lowest BCUT2D eigenvalue weighted by Gasteiger charge is -2.38. The Hall–Kier alpha value is -3.37. The molecule has 2 aliphatic heterocycles. The molecule has 1 saturated carbocycles. The molecule has 0 bridgehead atoms. The van der Waals surface area contributed by atoms with Gasteiger partial charge in [-0.2, -0.15) is 35.9 Å². The summed E-state index contributed by atoms with van der Waals surface area (Å²) in [4.78, 5) is 32.1. The van der Waals surface area contributed by atoms with Crippen molar-refractivity contribution in [2.45, 2.75) is 56.1 Å². The van der Waals surface area contributed by atoms with E-state index >= 15 is 0 Å². The Morgan fingerprint density at radius 1 is 0.947 bits per heavy atom. The summed E-state index contributed by atoms with van der Waals surface area (Å²) in [5.74, 6) is -0.366. The van der Waals surface area contributed by atoms with Gasteiger partial charge in [0.1, 0.15) is 5.60 Å². The second kappa shape index (κ2) is 10.4. The third-order valence-electron chi connectivity index (χ3n) is 7.08. The number of hydrogen-bond donors (Lipinski definition) is 0. The standard InChI is InChI=1S/C25H24F6N2O2.CO2/c26-24(27,28)18-12-17(21(16-6-7-16)20(13-18)25(29,30)31)14-32-10-8-23(9-11-32)15-33(22(34)35-23)19-4-2-1-3-5-19;2-1-3/h1-5,12-13,16H,6-11,14-15H2;. The average Bonchev–Trinajstić information content (AvgIpc) is 3.64. The van der Waals surface area contributed by atoms with Gasteiger partial charge in [0.2, 0.25) is 0 Å². The van der Waals surface area contributed by atoms with Crippen LogP contribution in [0.4, 0.5) is 36.8 Å². The Bertz CT molecular complexity index is 1200. The lowest BCUT2D eigenvalue weighted by Crippen LogP contribution is -2.46. The number of alkyl halides is 6. The zero-order valence-corrected chi connectivity index (χ0v) is 20.1. The monoisotopic (exact) mass is 542 g/mol. The summed E-state index contributed by atoms with van der Waals surface area (Å²) in [5, 5.41) is 0. The summed E-state index contributed by atoms with van der Waals surface area (Å²) in [5.41, 5.74) is -2.38. The van der Waals surface area contributed by atoms with E-state index in [1.807, 2.05) is 23.1 Å². The van der Waals surface area contributed by atoms with Crippen LogP contribution in [0.2, 0.25) is 0 Å². The minimum atomic E-state index is -4.87. The predicted octanol–water partition coefficient (Wildman–Crippen LogP) is 6.01. The fraction of sp³-hybridized carbons (Fsp3) is 0.462. The summed E-state index contributed by atoms with van der Waals surface area (Å²) in [7, 11) is 0. The van der Waals surface area contributed by atoms with Crippen LogP contribution in [0.15, 0.2) is 42.5 Å². The van der Waals surface area contributed by atoms with E-state index in [1.54, 1.807) is 17.0 Å². The van der Waals surface area contributed by atoms with Crippen LogP contribution >= 0.6 is 0 Å². The second-order valence-corrected chi connectivity index (χ2v) is 9.70. The summed E-state index contributed by atoms with van der Waals surface area (Å²) in [6.45, 7) is 1.15. The molecule has 0 atom stereocenters. The van der Waals surface area contributed by atoms with Crippen molar-refractivity contribution in [3.05, 3.63) is 64.7 Å². The average molecular weight is 542 g/mol. The molecule has 2 heterocycles. The molecule has 12 heteroatoms. The second-order valence-electron chi connectivity index (χ2n) is 9.70. The Morgan fingerprint density at radius 2 is 1.55 bits per heavy atom. The van der Waals surface area contributed by atoms with Gasteiger partial charge in [-0.15, -0.1) is 0 Å². The van der Waals surface area contributed by atoms with E-state index in [0.717, 1.165) is 11.8 Å². The first-order valence-electron chi connectivity index (χ1n) is 12.0. The van der Waals surface area contributed by atoms with Crippen LogP contribution < -0.4 is 4.90 Å². The molecule has 0 unspecified atom stereocenters. The van der Waals surface area contributed by atoms with Crippen molar-refractivity contribution < 1.29 is 45.5 Å². The van der Waals surface area contributed by atoms with E-state index in [1.165, 1.54) is 0 Å². The SMILES string of the molecule is O=C1OC2(CCN(Cc3cc(C(F)(F)F)cc(C(F)(F)F)c3C3CC3)CC2)CN1c1ccccc1.O=C=O. The van der Waals surface area contributed by atoms with E-state index in [0.29, 0.717) is 45.3 Å². The van der Waals surface area contributed by atoms with Crippen molar-refractivity contribution >= 4 is 17.9 Å². The van der Waals surface area contributed by atoms with Crippen LogP contribution in [0.5, 0.6) is 0 Å². The van der Waals surface area contributed by atoms with Crippen LogP contribution in [0.3, 0.4) is 0 Å². The van der Waals surface area contributed by atoms with Gasteiger partial charge in [0.05, 0.1) is 17.7 Å². The first-order chi connectivity index (χ1) is 17.9. The normalized spacial score (nSPS) is 19.5. The fourth-order valence-corrected chi connectivity index (χ4v) is 5.15. The first kappa shape index (κ1) is 27.7. The molecule has 6 nitrogen and oxygen atoms in total. The van der Waals surface area contributed by atoms with Crippen LogP contribution in [0, 0.1) is 0 Å². The quantitative estimate of drug-likeness (QED) is 0.443. The molecule has 1 amide bonds.